The molecule has 104 valence electrons. The minimum absolute atomic E-state index is 0.140. The summed E-state index contributed by atoms with van der Waals surface area (Å²) >= 11 is 1.61. The molecular weight excluding hydrogens is 262 g/mol. The fraction of sp³-hybridized carbons (Fsp3) is 0.429. The van der Waals surface area contributed by atoms with Gasteiger partial charge in [0, 0.05) is 24.1 Å². The number of carboxylic acids is 1. The maximum absolute atomic E-state index is 11.6. The first-order chi connectivity index (χ1) is 8.90. The quantitative estimate of drug-likeness (QED) is 0.813. The van der Waals surface area contributed by atoms with Gasteiger partial charge in [-0.2, -0.15) is 0 Å². The number of carboxylic acid groups (broad SMARTS) is 1. The zero-order valence-electron chi connectivity index (χ0n) is 11.5. The number of hydrogen-bond acceptors (Lipinski definition) is 3. The number of aliphatic carboxylic acids is 1. The molecule has 0 heterocycles. The van der Waals surface area contributed by atoms with Crippen LogP contribution in [0.5, 0.6) is 0 Å². The average molecular weight is 281 g/mol. The van der Waals surface area contributed by atoms with Crippen LogP contribution >= 0.6 is 11.8 Å². The molecule has 1 N–H and O–H groups in total. The number of rotatable bonds is 6. The van der Waals surface area contributed by atoms with Crippen LogP contribution in [0, 0.1) is 13.8 Å². The Morgan fingerprint density at radius 3 is 2.53 bits per heavy atom. The number of aryl methyl sites for hydroxylation is 2. The molecule has 1 aromatic carbocycles. The van der Waals surface area contributed by atoms with E-state index in [1.54, 1.807) is 11.8 Å². The molecule has 1 amide bonds. The third kappa shape index (κ3) is 5.34. The Balaban J connectivity index is 2.39. The lowest BCUT2D eigenvalue weighted by atomic mass is 10.1. The lowest BCUT2D eigenvalue weighted by molar-refractivity contribution is -0.143. The highest BCUT2D eigenvalue weighted by molar-refractivity contribution is 7.99. The number of benzene rings is 1. The van der Waals surface area contributed by atoms with Crippen LogP contribution in [0.1, 0.15) is 17.5 Å². The van der Waals surface area contributed by atoms with Crippen LogP contribution < -0.4 is 0 Å². The smallest absolute Gasteiger partial charge is 0.323 e. The number of thioether (sulfide) groups is 1. The fourth-order valence-electron chi connectivity index (χ4n) is 1.54. The number of hydrogen-bond donors (Lipinski definition) is 1. The molecule has 0 aliphatic rings. The molecule has 4 nitrogen and oxygen atoms in total. The molecule has 0 aliphatic heterocycles. The summed E-state index contributed by atoms with van der Waals surface area (Å²) in [5.74, 6) is -0.470. The zero-order valence-corrected chi connectivity index (χ0v) is 12.3. The van der Waals surface area contributed by atoms with Gasteiger partial charge in [0.05, 0.1) is 0 Å². The van der Waals surface area contributed by atoms with Gasteiger partial charge in [-0.05, 0) is 37.1 Å². The Labute approximate surface area is 117 Å². The van der Waals surface area contributed by atoms with E-state index in [2.05, 4.69) is 26.0 Å². The minimum atomic E-state index is -0.988. The zero-order chi connectivity index (χ0) is 14.4. The highest BCUT2D eigenvalue weighted by Crippen LogP contribution is 2.21. The van der Waals surface area contributed by atoms with Crippen LogP contribution in [-0.2, 0) is 9.59 Å². The van der Waals surface area contributed by atoms with Gasteiger partial charge in [-0.1, -0.05) is 6.07 Å². The molecule has 0 saturated carbocycles. The maximum Gasteiger partial charge on any atom is 0.323 e. The summed E-state index contributed by atoms with van der Waals surface area (Å²) in [5, 5.41) is 8.59. The summed E-state index contributed by atoms with van der Waals surface area (Å²) in [7, 11) is 1.51. The number of amides is 1. The molecule has 0 spiro atoms. The Hall–Kier alpha value is -1.49. The monoisotopic (exact) mass is 281 g/mol. The van der Waals surface area contributed by atoms with Crippen molar-refractivity contribution in [1.29, 1.82) is 0 Å². The molecule has 19 heavy (non-hydrogen) atoms. The van der Waals surface area contributed by atoms with Crippen molar-refractivity contribution in [3.63, 3.8) is 0 Å². The standard InChI is InChI=1S/C14H19NO3S/c1-10-4-5-12(8-11(10)2)19-7-6-13(16)15(3)9-14(17)18/h4-5,8H,6-7,9H2,1-3H3,(H,17,18). The van der Waals surface area contributed by atoms with Gasteiger partial charge in [0.15, 0.2) is 0 Å². The molecule has 0 unspecified atom stereocenters. The van der Waals surface area contributed by atoms with Crippen LogP contribution in [0.25, 0.3) is 0 Å². The van der Waals surface area contributed by atoms with Crippen LogP contribution in [0.15, 0.2) is 23.1 Å². The highest BCUT2D eigenvalue weighted by atomic mass is 32.2. The molecule has 0 aromatic heterocycles. The van der Waals surface area contributed by atoms with E-state index < -0.39 is 5.97 Å². The van der Waals surface area contributed by atoms with E-state index >= 15 is 0 Å². The van der Waals surface area contributed by atoms with Gasteiger partial charge in [-0.25, -0.2) is 0 Å². The molecule has 0 radical (unpaired) electrons. The third-order valence-electron chi connectivity index (χ3n) is 2.86. The molecule has 5 heteroatoms. The Kier molecular flexibility index (Phi) is 5.89. The summed E-state index contributed by atoms with van der Waals surface area (Å²) in [6.45, 7) is 3.88. The van der Waals surface area contributed by atoms with E-state index in [4.69, 9.17) is 5.11 Å². The molecular formula is C14H19NO3S. The minimum Gasteiger partial charge on any atom is -0.480 e. The van der Waals surface area contributed by atoms with E-state index in [1.807, 2.05) is 6.07 Å². The van der Waals surface area contributed by atoms with E-state index in [1.165, 1.54) is 23.1 Å². The Morgan fingerprint density at radius 2 is 1.95 bits per heavy atom. The van der Waals surface area contributed by atoms with Crippen molar-refractivity contribution < 1.29 is 14.7 Å². The molecule has 0 atom stereocenters. The van der Waals surface area contributed by atoms with Crippen molar-refractivity contribution >= 4 is 23.6 Å². The Bertz CT molecular complexity index is 474. The molecule has 0 aliphatic carbocycles. The first kappa shape index (κ1) is 15.6. The SMILES string of the molecule is Cc1ccc(SCCC(=O)N(C)CC(=O)O)cc1C. The second-order valence-corrected chi connectivity index (χ2v) is 5.66. The third-order valence-corrected chi connectivity index (χ3v) is 3.86. The van der Waals surface area contributed by atoms with Gasteiger partial charge < -0.3 is 10.0 Å². The number of nitrogens with zero attached hydrogens (tertiary/aromatic N) is 1. The molecule has 1 rings (SSSR count). The Morgan fingerprint density at radius 1 is 1.26 bits per heavy atom. The topological polar surface area (TPSA) is 57.6 Å². The highest BCUT2D eigenvalue weighted by Gasteiger charge is 2.11. The van der Waals surface area contributed by atoms with Crippen molar-refractivity contribution in [2.24, 2.45) is 0 Å². The fourth-order valence-corrected chi connectivity index (χ4v) is 2.48. The first-order valence-electron chi connectivity index (χ1n) is 6.06. The lowest BCUT2D eigenvalue weighted by Crippen LogP contribution is -2.32. The number of likely N-dealkylation sites (N-methyl/N-ethyl adjacent to an activating group) is 1. The van der Waals surface area contributed by atoms with Gasteiger partial charge in [-0.15, -0.1) is 11.8 Å². The van der Waals surface area contributed by atoms with Gasteiger partial charge >= 0.3 is 5.97 Å². The summed E-state index contributed by atoms with van der Waals surface area (Å²) in [6.07, 6.45) is 0.349. The maximum atomic E-state index is 11.6. The predicted octanol–water partition coefficient (Wildman–Crippen LogP) is 2.33. The predicted molar refractivity (Wildman–Crippen MR) is 76.5 cm³/mol. The van der Waals surface area contributed by atoms with E-state index in [0.29, 0.717) is 12.2 Å². The van der Waals surface area contributed by atoms with E-state index in [0.717, 1.165) is 4.90 Å². The van der Waals surface area contributed by atoms with Crippen molar-refractivity contribution in [2.75, 3.05) is 19.3 Å². The summed E-state index contributed by atoms with van der Waals surface area (Å²) in [6, 6.07) is 6.21. The second-order valence-electron chi connectivity index (χ2n) is 4.49. The van der Waals surface area contributed by atoms with Gasteiger partial charge in [0.1, 0.15) is 6.54 Å². The number of carbonyl (C=O) groups is 2. The molecule has 0 fully saturated rings. The van der Waals surface area contributed by atoms with Gasteiger partial charge in [-0.3, -0.25) is 9.59 Å². The van der Waals surface area contributed by atoms with E-state index in [-0.39, 0.29) is 12.5 Å². The first-order valence-corrected chi connectivity index (χ1v) is 7.04. The van der Waals surface area contributed by atoms with Crippen molar-refractivity contribution in [1.82, 2.24) is 4.90 Å². The molecule has 0 saturated heterocycles. The van der Waals surface area contributed by atoms with Crippen LogP contribution in [0.3, 0.4) is 0 Å². The lowest BCUT2D eigenvalue weighted by Gasteiger charge is -2.14. The van der Waals surface area contributed by atoms with Crippen molar-refractivity contribution in [3.8, 4) is 0 Å². The molecule has 0 bridgehead atoms. The van der Waals surface area contributed by atoms with Crippen LogP contribution in [-0.4, -0.2) is 41.2 Å². The molecule has 1 aromatic rings. The largest absolute Gasteiger partial charge is 0.480 e. The van der Waals surface area contributed by atoms with Crippen LogP contribution in [0.4, 0.5) is 0 Å². The van der Waals surface area contributed by atoms with E-state index in [9.17, 15) is 9.59 Å². The summed E-state index contributed by atoms with van der Waals surface area (Å²) in [5.41, 5.74) is 2.49. The van der Waals surface area contributed by atoms with Crippen LogP contribution in [0.2, 0.25) is 0 Å². The summed E-state index contributed by atoms with van der Waals surface area (Å²) in [4.78, 5) is 24.5. The number of carbonyl (C=O) groups excluding carboxylic acids is 1. The summed E-state index contributed by atoms with van der Waals surface area (Å²) < 4.78 is 0. The van der Waals surface area contributed by atoms with Gasteiger partial charge in [0.2, 0.25) is 5.91 Å². The average Bonchev–Trinajstić information content (AvgIpc) is 2.32. The second kappa shape index (κ2) is 7.19. The van der Waals surface area contributed by atoms with Crippen molar-refractivity contribution in [2.45, 2.75) is 25.2 Å². The van der Waals surface area contributed by atoms with Gasteiger partial charge in [0.25, 0.3) is 0 Å². The van der Waals surface area contributed by atoms with Crippen molar-refractivity contribution in [3.05, 3.63) is 29.3 Å². The normalized spacial score (nSPS) is 10.3.